The Kier molecular flexibility index (Phi) is 3.33. The third-order valence-corrected chi connectivity index (χ3v) is 3.66. The summed E-state index contributed by atoms with van der Waals surface area (Å²) in [4.78, 5) is 11.2. The molecule has 0 aromatic carbocycles. The molecule has 1 aliphatic rings. The standard InChI is InChI=1S/C7H15N3O3S/c1-10(2)9-7(11)8-6-3-4-14(12,13)5-6/h6H,3-5H2,1-2H3,(H2,8,9,11)/t6-/m0/s1. The predicted molar refractivity (Wildman–Crippen MR) is 52.4 cm³/mol. The summed E-state index contributed by atoms with van der Waals surface area (Å²) >= 11 is 0. The number of hydrogen-bond donors (Lipinski definition) is 2. The van der Waals surface area contributed by atoms with Crippen molar-refractivity contribution >= 4 is 15.9 Å². The second-order valence-electron chi connectivity index (χ2n) is 3.58. The minimum absolute atomic E-state index is 0.0495. The monoisotopic (exact) mass is 221 g/mol. The molecule has 0 bridgehead atoms. The quantitative estimate of drug-likeness (QED) is 0.583. The van der Waals surface area contributed by atoms with Crippen LogP contribution in [0.5, 0.6) is 0 Å². The van der Waals surface area contributed by atoms with Crippen LogP contribution in [0.25, 0.3) is 0 Å². The van der Waals surface area contributed by atoms with Gasteiger partial charge in [0.2, 0.25) is 0 Å². The first-order valence-corrected chi connectivity index (χ1v) is 6.16. The number of rotatable bonds is 2. The zero-order valence-corrected chi connectivity index (χ0v) is 9.10. The third kappa shape index (κ3) is 3.51. The van der Waals surface area contributed by atoms with Crippen molar-refractivity contribution in [2.45, 2.75) is 12.5 Å². The maximum absolute atomic E-state index is 11.2. The van der Waals surface area contributed by atoms with Crippen molar-refractivity contribution in [3.8, 4) is 0 Å². The van der Waals surface area contributed by atoms with E-state index in [1.807, 2.05) is 0 Å². The van der Waals surface area contributed by atoms with Crippen LogP contribution >= 0.6 is 0 Å². The number of amides is 2. The van der Waals surface area contributed by atoms with Crippen LogP contribution in [0.4, 0.5) is 4.79 Å². The molecule has 1 rings (SSSR count). The minimum atomic E-state index is -2.93. The highest BCUT2D eigenvalue weighted by atomic mass is 32.2. The molecule has 82 valence electrons. The molecule has 2 amide bonds. The number of carbonyl (C=O) groups is 1. The van der Waals surface area contributed by atoms with Gasteiger partial charge in [0.1, 0.15) is 0 Å². The number of urea groups is 1. The fourth-order valence-corrected chi connectivity index (χ4v) is 3.00. The van der Waals surface area contributed by atoms with Crippen LogP contribution in [0, 0.1) is 0 Å². The van der Waals surface area contributed by atoms with Gasteiger partial charge in [-0.15, -0.1) is 0 Å². The van der Waals surface area contributed by atoms with E-state index in [1.54, 1.807) is 14.1 Å². The van der Waals surface area contributed by atoms with E-state index in [4.69, 9.17) is 0 Å². The summed E-state index contributed by atoms with van der Waals surface area (Å²) in [7, 11) is 0.445. The molecule has 1 heterocycles. The lowest BCUT2D eigenvalue weighted by Crippen LogP contribution is -2.47. The zero-order valence-electron chi connectivity index (χ0n) is 8.28. The average molecular weight is 221 g/mol. The van der Waals surface area contributed by atoms with Crippen LogP contribution in [-0.4, -0.2) is 51.1 Å². The van der Waals surface area contributed by atoms with Gasteiger partial charge in [0.25, 0.3) is 0 Å². The molecule has 6 nitrogen and oxygen atoms in total. The lowest BCUT2D eigenvalue weighted by molar-refractivity contribution is 0.209. The lowest BCUT2D eigenvalue weighted by Gasteiger charge is -2.15. The zero-order chi connectivity index (χ0) is 10.8. The van der Waals surface area contributed by atoms with Crippen molar-refractivity contribution in [2.75, 3.05) is 25.6 Å². The van der Waals surface area contributed by atoms with Gasteiger partial charge in [-0.05, 0) is 6.42 Å². The predicted octanol–water partition coefficient (Wildman–Crippen LogP) is -1.05. The van der Waals surface area contributed by atoms with Crippen LogP contribution in [0.2, 0.25) is 0 Å². The van der Waals surface area contributed by atoms with Gasteiger partial charge in [0, 0.05) is 20.1 Å². The highest BCUT2D eigenvalue weighted by Gasteiger charge is 2.28. The Hall–Kier alpha value is -0.820. The Morgan fingerprint density at radius 3 is 2.50 bits per heavy atom. The van der Waals surface area contributed by atoms with Gasteiger partial charge >= 0.3 is 6.03 Å². The van der Waals surface area contributed by atoms with Crippen molar-refractivity contribution in [1.29, 1.82) is 0 Å². The largest absolute Gasteiger partial charge is 0.333 e. The second kappa shape index (κ2) is 4.14. The molecule has 1 atom stereocenters. The van der Waals surface area contributed by atoms with Gasteiger partial charge in [0.15, 0.2) is 9.84 Å². The SMILES string of the molecule is CN(C)NC(=O)N[C@H]1CCS(=O)(=O)C1. The molecule has 0 aromatic heterocycles. The summed E-state index contributed by atoms with van der Waals surface area (Å²) < 4.78 is 22.1. The van der Waals surface area contributed by atoms with Crippen LogP contribution in [-0.2, 0) is 9.84 Å². The van der Waals surface area contributed by atoms with E-state index >= 15 is 0 Å². The van der Waals surface area contributed by atoms with Crippen LogP contribution in [0.1, 0.15) is 6.42 Å². The molecule has 7 heteroatoms. The fraction of sp³-hybridized carbons (Fsp3) is 0.857. The Balaban J connectivity index is 2.36. The number of sulfone groups is 1. The summed E-state index contributed by atoms with van der Waals surface area (Å²) in [6.07, 6.45) is 0.503. The summed E-state index contributed by atoms with van der Waals surface area (Å²) in [6.45, 7) is 0. The maximum Gasteiger partial charge on any atom is 0.329 e. The lowest BCUT2D eigenvalue weighted by atomic mass is 10.3. The summed E-state index contributed by atoms with van der Waals surface area (Å²) in [5.41, 5.74) is 2.49. The number of carbonyl (C=O) groups excluding carboxylic acids is 1. The maximum atomic E-state index is 11.2. The van der Waals surface area contributed by atoms with Crippen molar-refractivity contribution in [3.05, 3.63) is 0 Å². The molecule has 1 aliphatic heterocycles. The van der Waals surface area contributed by atoms with Gasteiger partial charge in [0.05, 0.1) is 11.5 Å². The smallest absolute Gasteiger partial charge is 0.329 e. The Labute approximate surface area is 83.5 Å². The molecule has 0 aliphatic carbocycles. The van der Waals surface area contributed by atoms with E-state index in [2.05, 4.69) is 10.7 Å². The van der Waals surface area contributed by atoms with Crippen molar-refractivity contribution in [3.63, 3.8) is 0 Å². The first-order chi connectivity index (χ1) is 6.39. The molecule has 1 saturated heterocycles. The third-order valence-electron chi connectivity index (χ3n) is 1.89. The van der Waals surface area contributed by atoms with Crippen LogP contribution < -0.4 is 10.7 Å². The van der Waals surface area contributed by atoms with Crippen molar-refractivity contribution in [2.24, 2.45) is 0 Å². The summed E-state index contributed by atoms with van der Waals surface area (Å²) in [5, 5.41) is 4.09. The van der Waals surface area contributed by atoms with Crippen molar-refractivity contribution < 1.29 is 13.2 Å². The molecule has 0 aromatic rings. The molecule has 0 spiro atoms. The molecule has 14 heavy (non-hydrogen) atoms. The highest BCUT2D eigenvalue weighted by Crippen LogP contribution is 2.10. The van der Waals surface area contributed by atoms with Gasteiger partial charge in [-0.3, -0.25) is 5.43 Å². The number of hydrazine groups is 1. The molecule has 0 unspecified atom stereocenters. The second-order valence-corrected chi connectivity index (χ2v) is 5.81. The molecule has 0 radical (unpaired) electrons. The fourth-order valence-electron chi connectivity index (χ4n) is 1.33. The van der Waals surface area contributed by atoms with Gasteiger partial charge in [-0.2, -0.15) is 0 Å². The first kappa shape index (κ1) is 11.3. The van der Waals surface area contributed by atoms with E-state index < -0.39 is 9.84 Å². The van der Waals surface area contributed by atoms with Gasteiger partial charge < -0.3 is 5.32 Å². The first-order valence-electron chi connectivity index (χ1n) is 4.34. The minimum Gasteiger partial charge on any atom is -0.333 e. The number of nitrogens with zero attached hydrogens (tertiary/aromatic N) is 1. The number of nitrogens with one attached hydrogen (secondary N) is 2. The number of hydrogen-bond acceptors (Lipinski definition) is 4. The van der Waals surface area contributed by atoms with E-state index in [0.29, 0.717) is 6.42 Å². The molecular weight excluding hydrogens is 206 g/mol. The van der Waals surface area contributed by atoms with E-state index in [0.717, 1.165) is 0 Å². The normalized spacial score (nSPS) is 24.9. The van der Waals surface area contributed by atoms with E-state index in [9.17, 15) is 13.2 Å². The Morgan fingerprint density at radius 1 is 1.43 bits per heavy atom. The van der Waals surface area contributed by atoms with E-state index in [1.165, 1.54) is 5.01 Å². The Morgan fingerprint density at radius 2 is 2.07 bits per heavy atom. The summed E-state index contributed by atoms with van der Waals surface area (Å²) in [5.74, 6) is 0.216. The molecule has 2 N–H and O–H groups in total. The van der Waals surface area contributed by atoms with Crippen LogP contribution in [0.15, 0.2) is 0 Å². The molecule has 1 fully saturated rings. The topological polar surface area (TPSA) is 78.5 Å². The van der Waals surface area contributed by atoms with E-state index in [-0.39, 0.29) is 23.6 Å². The molecular formula is C7H15N3O3S. The van der Waals surface area contributed by atoms with Crippen molar-refractivity contribution in [1.82, 2.24) is 15.8 Å². The Bertz CT molecular complexity index is 312. The summed E-state index contributed by atoms with van der Waals surface area (Å²) in [6, 6.07) is -0.614. The highest BCUT2D eigenvalue weighted by molar-refractivity contribution is 7.91. The van der Waals surface area contributed by atoms with Gasteiger partial charge in [-0.25, -0.2) is 18.2 Å². The molecule has 0 saturated carbocycles. The van der Waals surface area contributed by atoms with Crippen LogP contribution in [0.3, 0.4) is 0 Å². The van der Waals surface area contributed by atoms with Gasteiger partial charge in [-0.1, -0.05) is 0 Å². The average Bonchev–Trinajstić information content (AvgIpc) is 2.27.